The first kappa shape index (κ1) is 16.0. The molecular formula is C17H21N3O2S. The number of aromatic nitrogens is 1. The molecule has 1 heterocycles. The molecule has 3 N–H and O–H groups in total. The fourth-order valence-electron chi connectivity index (χ4n) is 2.87. The van der Waals surface area contributed by atoms with Crippen molar-refractivity contribution in [2.24, 2.45) is 0 Å². The Morgan fingerprint density at radius 1 is 1.22 bits per heavy atom. The molecule has 5 nitrogen and oxygen atoms in total. The fourth-order valence-corrected chi connectivity index (χ4v) is 3.51. The van der Waals surface area contributed by atoms with Crippen LogP contribution in [0.25, 0.3) is 10.6 Å². The molecule has 0 unspecified atom stereocenters. The predicted molar refractivity (Wildman–Crippen MR) is 92.6 cm³/mol. The second-order valence-electron chi connectivity index (χ2n) is 6.01. The molecule has 0 saturated heterocycles. The van der Waals surface area contributed by atoms with E-state index in [0.29, 0.717) is 6.54 Å². The quantitative estimate of drug-likeness (QED) is 0.801. The monoisotopic (exact) mass is 331 g/mol. The van der Waals surface area contributed by atoms with Gasteiger partial charge in [0.25, 0.3) is 0 Å². The highest BCUT2D eigenvalue weighted by Gasteiger charge is 2.29. The Balaban J connectivity index is 1.51. The lowest BCUT2D eigenvalue weighted by Gasteiger charge is -2.32. The summed E-state index contributed by atoms with van der Waals surface area (Å²) in [6, 6.07) is 7.29. The third kappa shape index (κ3) is 4.30. The van der Waals surface area contributed by atoms with E-state index >= 15 is 0 Å². The first-order chi connectivity index (χ1) is 11.1. The Kier molecular flexibility index (Phi) is 4.93. The molecule has 0 aliphatic heterocycles. The van der Waals surface area contributed by atoms with Crippen molar-refractivity contribution in [3.63, 3.8) is 0 Å². The summed E-state index contributed by atoms with van der Waals surface area (Å²) >= 11 is 1.58. The standard InChI is InChI=1S/C17H21N3O2S/c21-16(19-12-17(22)8-2-1-3-9-17)20-14-6-4-13(5-7-14)15-18-10-11-23-15/h4-7,10-11,22H,1-3,8-9,12H2,(H2,19,20,21). The number of aliphatic hydroxyl groups is 1. The number of hydrogen-bond donors (Lipinski definition) is 3. The molecule has 1 aliphatic rings. The van der Waals surface area contributed by atoms with Gasteiger partial charge in [-0.25, -0.2) is 9.78 Å². The van der Waals surface area contributed by atoms with Crippen LogP contribution >= 0.6 is 11.3 Å². The number of anilines is 1. The van der Waals surface area contributed by atoms with Gasteiger partial charge in [0, 0.05) is 29.4 Å². The summed E-state index contributed by atoms with van der Waals surface area (Å²) in [7, 11) is 0. The zero-order chi connectivity index (χ0) is 16.1. The maximum absolute atomic E-state index is 12.0. The van der Waals surface area contributed by atoms with E-state index in [1.165, 1.54) is 6.42 Å². The van der Waals surface area contributed by atoms with Gasteiger partial charge in [0.15, 0.2) is 0 Å². The maximum Gasteiger partial charge on any atom is 0.319 e. The molecule has 0 spiro atoms. The van der Waals surface area contributed by atoms with Crippen molar-refractivity contribution in [3.05, 3.63) is 35.8 Å². The summed E-state index contributed by atoms with van der Waals surface area (Å²) < 4.78 is 0. The second-order valence-corrected chi connectivity index (χ2v) is 6.90. The molecule has 2 aromatic rings. The van der Waals surface area contributed by atoms with E-state index < -0.39 is 5.60 Å². The molecule has 2 amide bonds. The summed E-state index contributed by atoms with van der Waals surface area (Å²) in [5.41, 5.74) is 1.01. The molecule has 0 bridgehead atoms. The first-order valence-corrected chi connectivity index (χ1v) is 8.80. The Bertz CT molecular complexity index is 634. The fraction of sp³-hybridized carbons (Fsp3) is 0.412. The van der Waals surface area contributed by atoms with Crippen LogP contribution in [0.15, 0.2) is 35.8 Å². The Morgan fingerprint density at radius 3 is 2.61 bits per heavy atom. The van der Waals surface area contributed by atoms with Crippen molar-refractivity contribution < 1.29 is 9.90 Å². The van der Waals surface area contributed by atoms with Crippen LogP contribution in [0.1, 0.15) is 32.1 Å². The van der Waals surface area contributed by atoms with E-state index in [2.05, 4.69) is 15.6 Å². The number of benzene rings is 1. The van der Waals surface area contributed by atoms with Gasteiger partial charge in [0.2, 0.25) is 0 Å². The van der Waals surface area contributed by atoms with Crippen molar-refractivity contribution in [2.75, 3.05) is 11.9 Å². The van der Waals surface area contributed by atoms with Crippen molar-refractivity contribution in [3.8, 4) is 10.6 Å². The van der Waals surface area contributed by atoms with E-state index in [0.717, 1.165) is 41.9 Å². The number of nitrogens with zero attached hydrogens (tertiary/aromatic N) is 1. The summed E-state index contributed by atoms with van der Waals surface area (Å²) in [6.07, 6.45) is 6.51. The third-order valence-electron chi connectivity index (χ3n) is 4.18. The lowest BCUT2D eigenvalue weighted by molar-refractivity contribution is 0.00755. The molecule has 1 aromatic heterocycles. The zero-order valence-electron chi connectivity index (χ0n) is 12.9. The summed E-state index contributed by atoms with van der Waals surface area (Å²) in [6.45, 7) is 0.302. The lowest BCUT2D eigenvalue weighted by atomic mass is 9.85. The SMILES string of the molecule is O=C(NCC1(O)CCCCC1)Nc1ccc(-c2nccs2)cc1. The number of hydrogen-bond acceptors (Lipinski definition) is 4. The van der Waals surface area contributed by atoms with Crippen LogP contribution in [0.5, 0.6) is 0 Å². The van der Waals surface area contributed by atoms with Crippen LogP contribution < -0.4 is 10.6 Å². The van der Waals surface area contributed by atoms with Gasteiger partial charge in [-0.15, -0.1) is 11.3 Å². The maximum atomic E-state index is 12.0. The van der Waals surface area contributed by atoms with Crippen LogP contribution in [0.2, 0.25) is 0 Å². The Hall–Kier alpha value is -1.92. The molecule has 1 aliphatic carbocycles. The van der Waals surface area contributed by atoms with Crippen LogP contribution in [0, 0.1) is 0 Å². The molecule has 0 atom stereocenters. The summed E-state index contributed by atoms with van der Waals surface area (Å²) in [4.78, 5) is 16.2. The largest absolute Gasteiger partial charge is 0.388 e. The highest BCUT2D eigenvalue weighted by Crippen LogP contribution is 2.27. The number of urea groups is 1. The van der Waals surface area contributed by atoms with Crippen molar-refractivity contribution in [1.82, 2.24) is 10.3 Å². The van der Waals surface area contributed by atoms with Gasteiger partial charge in [-0.05, 0) is 37.1 Å². The van der Waals surface area contributed by atoms with Gasteiger partial charge in [-0.2, -0.15) is 0 Å². The molecule has 1 saturated carbocycles. The number of amides is 2. The average molecular weight is 331 g/mol. The van der Waals surface area contributed by atoms with E-state index in [1.807, 2.05) is 29.6 Å². The lowest BCUT2D eigenvalue weighted by Crippen LogP contribution is -2.45. The molecule has 0 radical (unpaired) electrons. The Labute approximate surface area is 139 Å². The molecule has 122 valence electrons. The van der Waals surface area contributed by atoms with Crippen LogP contribution in [0.4, 0.5) is 10.5 Å². The van der Waals surface area contributed by atoms with Gasteiger partial charge in [-0.1, -0.05) is 19.3 Å². The highest BCUT2D eigenvalue weighted by atomic mass is 32.1. The number of carbonyl (C=O) groups is 1. The summed E-state index contributed by atoms with van der Waals surface area (Å²) in [5, 5.41) is 18.8. The van der Waals surface area contributed by atoms with Gasteiger partial charge in [-0.3, -0.25) is 0 Å². The van der Waals surface area contributed by atoms with E-state index in [1.54, 1.807) is 17.5 Å². The normalized spacial score (nSPS) is 16.7. The van der Waals surface area contributed by atoms with E-state index in [-0.39, 0.29) is 6.03 Å². The Morgan fingerprint density at radius 2 is 1.96 bits per heavy atom. The van der Waals surface area contributed by atoms with Gasteiger partial charge < -0.3 is 15.7 Å². The number of rotatable bonds is 4. The predicted octanol–water partition coefficient (Wildman–Crippen LogP) is 3.63. The average Bonchev–Trinajstić information content (AvgIpc) is 3.09. The highest BCUT2D eigenvalue weighted by molar-refractivity contribution is 7.13. The van der Waals surface area contributed by atoms with Gasteiger partial charge in [0.1, 0.15) is 5.01 Å². The molecule has 3 rings (SSSR count). The van der Waals surface area contributed by atoms with Crippen molar-refractivity contribution in [1.29, 1.82) is 0 Å². The molecule has 1 fully saturated rings. The van der Waals surface area contributed by atoms with Crippen LogP contribution in [0.3, 0.4) is 0 Å². The topological polar surface area (TPSA) is 74.2 Å². The molecular weight excluding hydrogens is 310 g/mol. The third-order valence-corrected chi connectivity index (χ3v) is 5.01. The molecule has 23 heavy (non-hydrogen) atoms. The minimum Gasteiger partial charge on any atom is -0.388 e. The number of nitrogens with one attached hydrogen (secondary N) is 2. The number of thiazole rings is 1. The minimum absolute atomic E-state index is 0.286. The minimum atomic E-state index is -0.746. The smallest absolute Gasteiger partial charge is 0.319 e. The second kappa shape index (κ2) is 7.10. The summed E-state index contributed by atoms with van der Waals surface area (Å²) in [5.74, 6) is 0. The molecule has 6 heteroatoms. The van der Waals surface area contributed by atoms with Crippen molar-refractivity contribution in [2.45, 2.75) is 37.7 Å². The van der Waals surface area contributed by atoms with E-state index in [4.69, 9.17) is 0 Å². The van der Waals surface area contributed by atoms with Crippen molar-refractivity contribution >= 4 is 23.1 Å². The van der Waals surface area contributed by atoms with Gasteiger partial charge >= 0.3 is 6.03 Å². The van der Waals surface area contributed by atoms with Crippen LogP contribution in [-0.4, -0.2) is 28.3 Å². The van der Waals surface area contributed by atoms with Crippen LogP contribution in [-0.2, 0) is 0 Å². The first-order valence-electron chi connectivity index (χ1n) is 7.92. The zero-order valence-corrected chi connectivity index (χ0v) is 13.7. The number of carbonyl (C=O) groups excluding carboxylic acids is 1. The molecule has 1 aromatic carbocycles. The van der Waals surface area contributed by atoms with E-state index in [9.17, 15) is 9.90 Å². The van der Waals surface area contributed by atoms with Gasteiger partial charge in [0.05, 0.1) is 5.60 Å².